The van der Waals surface area contributed by atoms with E-state index in [2.05, 4.69) is 13.3 Å². The molecular formula is C19H27O5. The van der Waals surface area contributed by atoms with Crippen molar-refractivity contribution in [1.82, 2.24) is 0 Å². The van der Waals surface area contributed by atoms with Gasteiger partial charge >= 0.3 is 17.9 Å². The Labute approximate surface area is 143 Å². The summed E-state index contributed by atoms with van der Waals surface area (Å²) in [6, 6.07) is 0. The van der Waals surface area contributed by atoms with E-state index in [-0.39, 0.29) is 35.6 Å². The molecule has 133 valence electrons. The maximum Gasteiger partial charge on any atom is 0.317 e. The first-order chi connectivity index (χ1) is 11.1. The molecule has 7 atom stereocenters. The van der Waals surface area contributed by atoms with Crippen LogP contribution < -0.4 is 0 Å². The van der Waals surface area contributed by atoms with Crippen molar-refractivity contribution in [3.63, 3.8) is 0 Å². The van der Waals surface area contributed by atoms with E-state index in [9.17, 15) is 14.4 Å². The van der Waals surface area contributed by atoms with E-state index < -0.39 is 17.5 Å². The number of carbonyl (C=O) groups is 3. The summed E-state index contributed by atoms with van der Waals surface area (Å²) in [5.41, 5.74) is -0.496. The van der Waals surface area contributed by atoms with Crippen LogP contribution in [-0.2, 0) is 23.9 Å². The van der Waals surface area contributed by atoms with E-state index in [0.717, 1.165) is 6.42 Å². The van der Waals surface area contributed by atoms with Crippen LogP contribution in [0.1, 0.15) is 47.5 Å². The zero-order valence-electron chi connectivity index (χ0n) is 15.1. The van der Waals surface area contributed by atoms with Crippen LogP contribution in [0.3, 0.4) is 0 Å². The number of hydrogen-bond acceptors (Lipinski definition) is 5. The number of fused-ring (bicyclic) bond motifs is 2. The fourth-order valence-corrected chi connectivity index (χ4v) is 4.73. The van der Waals surface area contributed by atoms with Crippen LogP contribution in [0, 0.1) is 47.8 Å². The SMILES string of the molecule is CC1C(=O)OC(=O)C1CC1C(C)C2[CH][C@@H](C(=O)OC(C)(C)C)C1C2. The molecule has 3 fully saturated rings. The first-order valence-electron chi connectivity index (χ1n) is 8.92. The number of carbonyl (C=O) groups excluding carboxylic acids is 3. The summed E-state index contributed by atoms with van der Waals surface area (Å²) in [4.78, 5) is 36.1. The number of ether oxygens (including phenoxy) is 2. The Kier molecular flexibility index (Phi) is 4.25. The standard InChI is InChI=1S/C19H27O5/c1-9-11-6-14(15(7-11)18(22)24-19(3,4)5)12(9)8-13-10(2)16(20)23-17(13)21/h7,9-15H,6,8H2,1-5H3/t9?,10?,11?,12?,13?,14?,15-/m1/s1. The molecule has 2 aliphatic carbocycles. The van der Waals surface area contributed by atoms with E-state index in [1.165, 1.54) is 0 Å². The molecule has 2 saturated carbocycles. The lowest BCUT2D eigenvalue weighted by Gasteiger charge is -2.35. The van der Waals surface area contributed by atoms with Gasteiger partial charge in [0.25, 0.3) is 0 Å². The van der Waals surface area contributed by atoms with Crippen LogP contribution in [0.2, 0.25) is 0 Å². The molecule has 6 unspecified atom stereocenters. The predicted octanol–water partition coefficient (Wildman–Crippen LogP) is 2.78. The van der Waals surface area contributed by atoms with E-state index in [1.807, 2.05) is 20.8 Å². The van der Waals surface area contributed by atoms with Gasteiger partial charge in [0, 0.05) is 0 Å². The van der Waals surface area contributed by atoms with Crippen molar-refractivity contribution in [2.75, 3.05) is 0 Å². The van der Waals surface area contributed by atoms with E-state index in [1.54, 1.807) is 6.92 Å². The highest BCUT2D eigenvalue weighted by molar-refractivity contribution is 5.96. The second-order valence-corrected chi connectivity index (χ2v) is 8.71. The molecule has 24 heavy (non-hydrogen) atoms. The summed E-state index contributed by atoms with van der Waals surface area (Å²) in [5.74, 6) is -0.666. The number of rotatable bonds is 3. The third-order valence-electron chi connectivity index (χ3n) is 6.05. The van der Waals surface area contributed by atoms with Crippen molar-refractivity contribution in [1.29, 1.82) is 0 Å². The summed E-state index contributed by atoms with van der Waals surface area (Å²) in [6.07, 6.45) is 3.74. The Morgan fingerprint density at radius 1 is 1.25 bits per heavy atom. The van der Waals surface area contributed by atoms with Crippen LogP contribution in [0.5, 0.6) is 0 Å². The predicted molar refractivity (Wildman–Crippen MR) is 86.3 cm³/mol. The van der Waals surface area contributed by atoms with E-state index in [0.29, 0.717) is 18.3 Å². The van der Waals surface area contributed by atoms with Crippen molar-refractivity contribution < 1.29 is 23.9 Å². The minimum absolute atomic E-state index is 0.162. The van der Waals surface area contributed by atoms with Crippen molar-refractivity contribution in [2.24, 2.45) is 41.4 Å². The van der Waals surface area contributed by atoms with Gasteiger partial charge in [-0.05, 0) is 63.7 Å². The highest BCUT2D eigenvalue weighted by atomic mass is 16.6. The molecule has 2 bridgehead atoms. The average molecular weight is 335 g/mol. The summed E-state index contributed by atoms with van der Waals surface area (Å²) in [6.45, 7) is 9.57. The summed E-state index contributed by atoms with van der Waals surface area (Å²) in [5, 5.41) is 0. The zero-order chi connectivity index (χ0) is 17.8. The van der Waals surface area contributed by atoms with E-state index >= 15 is 0 Å². The lowest BCUT2D eigenvalue weighted by molar-refractivity contribution is -0.161. The van der Waals surface area contributed by atoms with Crippen LogP contribution in [-0.4, -0.2) is 23.5 Å². The largest absolute Gasteiger partial charge is 0.460 e. The minimum Gasteiger partial charge on any atom is -0.460 e. The Morgan fingerprint density at radius 3 is 2.42 bits per heavy atom. The highest BCUT2D eigenvalue weighted by Crippen LogP contribution is 2.57. The lowest BCUT2D eigenvalue weighted by Crippen LogP contribution is -2.37. The van der Waals surface area contributed by atoms with Gasteiger partial charge in [-0.1, -0.05) is 13.8 Å². The molecule has 1 aliphatic heterocycles. The average Bonchev–Trinajstić information content (AvgIpc) is 3.07. The van der Waals surface area contributed by atoms with Crippen LogP contribution in [0.25, 0.3) is 0 Å². The molecule has 0 amide bonds. The fourth-order valence-electron chi connectivity index (χ4n) is 4.73. The monoisotopic (exact) mass is 335 g/mol. The van der Waals surface area contributed by atoms with Gasteiger partial charge in [0.1, 0.15) is 5.60 Å². The quantitative estimate of drug-likeness (QED) is 0.586. The maximum absolute atomic E-state index is 12.5. The third-order valence-corrected chi connectivity index (χ3v) is 6.05. The Balaban J connectivity index is 1.71. The molecule has 0 aromatic rings. The molecule has 0 N–H and O–H groups in total. The first kappa shape index (κ1) is 17.4. The molecule has 3 aliphatic rings. The normalized spacial score (nSPS) is 41.6. The molecule has 0 spiro atoms. The van der Waals surface area contributed by atoms with Gasteiger partial charge < -0.3 is 9.47 Å². The van der Waals surface area contributed by atoms with Crippen molar-refractivity contribution in [3.8, 4) is 0 Å². The summed E-state index contributed by atoms with van der Waals surface area (Å²) in [7, 11) is 0. The van der Waals surface area contributed by atoms with Crippen molar-refractivity contribution >= 4 is 17.9 Å². The second-order valence-electron chi connectivity index (χ2n) is 8.71. The van der Waals surface area contributed by atoms with Crippen LogP contribution >= 0.6 is 0 Å². The maximum atomic E-state index is 12.5. The Hall–Kier alpha value is -1.39. The minimum atomic E-state index is -0.496. The topological polar surface area (TPSA) is 69.7 Å². The molecule has 3 rings (SSSR count). The Morgan fingerprint density at radius 2 is 1.92 bits per heavy atom. The molecule has 0 aromatic carbocycles. The smallest absolute Gasteiger partial charge is 0.317 e. The van der Waals surface area contributed by atoms with Gasteiger partial charge in [-0.2, -0.15) is 0 Å². The molecule has 1 radical (unpaired) electrons. The van der Waals surface area contributed by atoms with E-state index in [4.69, 9.17) is 9.47 Å². The lowest BCUT2D eigenvalue weighted by atomic mass is 9.70. The highest BCUT2D eigenvalue weighted by Gasteiger charge is 2.56. The van der Waals surface area contributed by atoms with Gasteiger partial charge in [-0.15, -0.1) is 0 Å². The zero-order valence-corrected chi connectivity index (χ0v) is 15.1. The first-order valence-corrected chi connectivity index (χ1v) is 8.92. The molecule has 1 heterocycles. The molecule has 5 nitrogen and oxygen atoms in total. The van der Waals surface area contributed by atoms with Gasteiger partial charge in [0.2, 0.25) is 0 Å². The molecule has 5 heteroatoms. The van der Waals surface area contributed by atoms with Crippen molar-refractivity contribution in [2.45, 2.75) is 53.1 Å². The van der Waals surface area contributed by atoms with Gasteiger partial charge in [-0.3, -0.25) is 14.4 Å². The van der Waals surface area contributed by atoms with Crippen molar-refractivity contribution in [3.05, 3.63) is 6.42 Å². The molecule has 1 saturated heterocycles. The third kappa shape index (κ3) is 2.98. The van der Waals surface area contributed by atoms with Gasteiger partial charge in [-0.25, -0.2) is 0 Å². The number of esters is 3. The second kappa shape index (κ2) is 5.85. The molecular weight excluding hydrogens is 308 g/mol. The van der Waals surface area contributed by atoms with Crippen LogP contribution in [0.4, 0.5) is 0 Å². The summed E-state index contributed by atoms with van der Waals surface area (Å²) < 4.78 is 10.3. The fraction of sp³-hybridized carbons (Fsp3) is 0.789. The van der Waals surface area contributed by atoms with Gasteiger partial charge in [0.15, 0.2) is 0 Å². The number of cyclic esters (lactones) is 2. The van der Waals surface area contributed by atoms with Gasteiger partial charge in [0.05, 0.1) is 17.8 Å². The molecule has 0 aromatic heterocycles. The van der Waals surface area contributed by atoms with Crippen LogP contribution in [0.15, 0.2) is 0 Å². The summed E-state index contributed by atoms with van der Waals surface area (Å²) >= 11 is 0. The number of hydrogen-bond donors (Lipinski definition) is 0. The Bertz CT molecular complexity index is 561.